The minimum absolute atomic E-state index is 0.534. The largest absolute Gasteiger partial charge is 0.480 e. The summed E-state index contributed by atoms with van der Waals surface area (Å²) in [5.74, 6) is -0.844. The van der Waals surface area contributed by atoms with E-state index in [1.54, 1.807) is 25.8 Å². The van der Waals surface area contributed by atoms with Gasteiger partial charge in [-0.15, -0.1) is 0 Å². The Morgan fingerprint density at radius 2 is 2.12 bits per heavy atom. The number of carboxylic acids is 1. The SMILES string of the molecule is CN(Cc1ccc(Br)c(Cl)c1)C(C)(C)C(=O)O. The van der Waals surface area contributed by atoms with E-state index >= 15 is 0 Å². The Labute approximate surface area is 115 Å². The molecule has 0 saturated carbocycles. The summed E-state index contributed by atoms with van der Waals surface area (Å²) in [5.41, 5.74) is 0.0783. The molecule has 1 aromatic carbocycles. The average Bonchev–Trinajstić information content (AvgIpc) is 2.23. The lowest BCUT2D eigenvalue weighted by Crippen LogP contribution is -2.47. The van der Waals surface area contributed by atoms with Crippen LogP contribution in [-0.4, -0.2) is 28.6 Å². The fourth-order valence-electron chi connectivity index (χ4n) is 1.27. The van der Waals surface area contributed by atoms with Crippen LogP contribution >= 0.6 is 27.5 Å². The lowest BCUT2D eigenvalue weighted by Gasteiger charge is -2.31. The van der Waals surface area contributed by atoms with Crippen molar-refractivity contribution in [2.75, 3.05) is 7.05 Å². The van der Waals surface area contributed by atoms with Crippen molar-refractivity contribution in [2.45, 2.75) is 25.9 Å². The maximum Gasteiger partial charge on any atom is 0.323 e. The Morgan fingerprint density at radius 1 is 1.53 bits per heavy atom. The standard InChI is InChI=1S/C12H15BrClNO2/c1-12(2,11(16)17)15(3)7-8-4-5-9(13)10(14)6-8/h4-6H,7H2,1-3H3,(H,16,17). The second-order valence-electron chi connectivity index (χ2n) is 4.47. The minimum Gasteiger partial charge on any atom is -0.480 e. The van der Waals surface area contributed by atoms with Crippen LogP contribution in [0.2, 0.25) is 5.02 Å². The smallest absolute Gasteiger partial charge is 0.323 e. The summed E-state index contributed by atoms with van der Waals surface area (Å²) in [6.45, 7) is 3.89. The van der Waals surface area contributed by atoms with Crippen molar-refractivity contribution >= 4 is 33.5 Å². The number of halogens is 2. The first-order valence-electron chi connectivity index (χ1n) is 5.13. The first kappa shape index (κ1) is 14.5. The highest BCUT2D eigenvalue weighted by Gasteiger charge is 2.31. The van der Waals surface area contributed by atoms with E-state index in [9.17, 15) is 4.79 Å². The van der Waals surface area contributed by atoms with Gasteiger partial charge in [0.05, 0.1) is 5.02 Å². The summed E-state index contributed by atoms with van der Waals surface area (Å²) in [5, 5.41) is 9.74. The average molecular weight is 321 g/mol. The predicted octanol–water partition coefficient (Wildman–Crippen LogP) is 3.40. The number of rotatable bonds is 4. The van der Waals surface area contributed by atoms with Crippen LogP contribution in [0.15, 0.2) is 22.7 Å². The summed E-state index contributed by atoms with van der Waals surface area (Å²) < 4.78 is 0.836. The van der Waals surface area contributed by atoms with Gasteiger partial charge in [0.2, 0.25) is 0 Å². The molecule has 0 bridgehead atoms. The number of carboxylic acid groups (broad SMARTS) is 1. The minimum atomic E-state index is -0.903. The Kier molecular flexibility index (Phi) is 4.58. The van der Waals surface area contributed by atoms with Crippen molar-refractivity contribution in [3.05, 3.63) is 33.3 Å². The normalized spacial score (nSPS) is 11.9. The Bertz CT molecular complexity index is 435. The van der Waals surface area contributed by atoms with Crippen LogP contribution in [0.4, 0.5) is 0 Å². The summed E-state index contributed by atoms with van der Waals surface area (Å²) >= 11 is 9.31. The third-order valence-electron chi connectivity index (χ3n) is 2.88. The van der Waals surface area contributed by atoms with Gasteiger partial charge in [0.25, 0.3) is 0 Å². The highest BCUT2D eigenvalue weighted by Crippen LogP contribution is 2.25. The molecule has 0 fully saturated rings. The number of carbonyl (C=O) groups is 1. The number of benzene rings is 1. The van der Waals surface area contributed by atoms with Crippen LogP contribution < -0.4 is 0 Å². The van der Waals surface area contributed by atoms with Crippen LogP contribution in [0.5, 0.6) is 0 Å². The molecule has 0 atom stereocenters. The van der Waals surface area contributed by atoms with Gasteiger partial charge in [0.1, 0.15) is 5.54 Å². The van der Waals surface area contributed by atoms with Crippen LogP contribution in [0.3, 0.4) is 0 Å². The molecule has 0 aliphatic rings. The Morgan fingerprint density at radius 3 is 2.59 bits per heavy atom. The molecule has 0 spiro atoms. The van der Waals surface area contributed by atoms with Crippen molar-refractivity contribution in [3.8, 4) is 0 Å². The van der Waals surface area contributed by atoms with Gasteiger partial charge in [-0.2, -0.15) is 0 Å². The summed E-state index contributed by atoms with van der Waals surface area (Å²) in [7, 11) is 1.78. The molecule has 17 heavy (non-hydrogen) atoms. The van der Waals surface area contributed by atoms with Crippen molar-refractivity contribution in [2.24, 2.45) is 0 Å². The number of hydrogen-bond acceptors (Lipinski definition) is 2. The van der Waals surface area contributed by atoms with Crippen molar-refractivity contribution < 1.29 is 9.90 Å². The van der Waals surface area contributed by atoms with Crippen LogP contribution in [-0.2, 0) is 11.3 Å². The van der Waals surface area contributed by atoms with E-state index < -0.39 is 11.5 Å². The molecule has 1 rings (SSSR count). The van der Waals surface area contributed by atoms with Crippen LogP contribution in [0, 0.1) is 0 Å². The van der Waals surface area contributed by atoms with Crippen molar-refractivity contribution in [1.29, 1.82) is 0 Å². The lowest BCUT2D eigenvalue weighted by atomic mass is 10.0. The zero-order valence-corrected chi connectivity index (χ0v) is 12.3. The van der Waals surface area contributed by atoms with Crippen LogP contribution in [0.1, 0.15) is 19.4 Å². The van der Waals surface area contributed by atoms with Gasteiger partial charge >= 0.3 is 5.97 Å². The van der Waals surface area contributed by atoms with Gasteiger partial charge in [-0.3, -0.25) is 9.69 Å². The maximum atomic E-state index is 11.1. The molecule has 0 unspecified atom stereocenters. The van der Waals surface area contributed by atoms with E-state index in [4.69, 9.17) is 16.7 Å². The van der Waals surface area contributed by atoms with E-state index in [0.717, 1.165) is 10.0 Å². The van der Waals surface area contributed by atoms with E-state index in [1.807, 2.05) is 18.2 Å². The number of aliphatic carboxylic acids is 1. The molecule has 0 heterocycles. The zero-order chi connectivity index (χ0) is 13.2. The molecule has 5 heteroatoms. The van der Waals surface area contributed by atoms with Crippen LogP contribution in [0.25, 0.3) is 0 Å². The van der Waals surface area contributed by atoms with Gasteiger partial charge in [-0.25, -0.2) is 0 Å². The van der Waals surface area contributed by atoms with E-state index in [1.165, 1.54) is 0 Å². The van der Waals surface area contributed by atoms with Crippen molar-refractivity contribution in [1.82, 2.24) is 4.90 Å². The van der Waals surface area contributed by atoms with Gasteiger partial charge in [0, 0.05) is 11.0 Å². The maximum absolute atomic E-state index is 11.1. The van der Waals surface area contributed by atoms with Gasteiger partial charge in [-0.05, 0) is 54.5 Å². The second-order valence-corrected chi connectivity index (χ2v) is 5.73. The summed E-state index contributed by atoms with van der Waals surface area (Å²) in [4.78, 5) is 12.9. The first-order chi connectivity index (χ1) is 7.75. The molecule has 3 nitrogen and oxygen atoms in total. The molecule has 0 aromatic heterocycles. The Hall–Kier alpha value is -0.580. The molecular weight excluding hydrogens is 305 g/mol. The fraction of sp³-hybridized carbons (Fsp3) is 0.417. The third kappa shape index (κ3) is 3.44. The Balaban J connectivity index is 2.84. The predicted molar refractivity (Wildman–Crippen MR) is 72.3 cm³/mol. The van der Waals surface area contributed by atoms with E-state index in [2.05, 4.69) is 15.9 Å². The van der Waals surface area contributed by atoms with Crippen molar-refractivity contribution in [3.63, 3.8) is 0 Å². The molecule has 94 valence electrons. The molecule has 0 saturated heterocycles. The third-order valence-corrected chi connectivity index (χ3v) is 4.11. The number of nitrogens with zero attached hydrogens (tertiary/aromatic N) is 1. The molecule has 1 aromatic rings. The zero-order valence-electron chi connectivity index (χ0n) is 10.00. The fourth-order valence-corrected chi connectivity index (χ4v) is 1.72. The molecule has 0 amide bonds. The van der Waals surface area contributed by atoms with Gasteiger partial charge < -0.3 is 5.11 Å². The molecular formula is C12H15BrClNO2. The first-order valence-corrected chi connectivity index (χ1v) is 6.31. The van der Waals surface area contributed by atoms with E-state index in [-0.39, 0.29) is 0 Å². The monoisotopic (exact) mass is 319 g/mol. The molecule has 1 N–H and O–H groups in total. The lowest BCUT2D eigenvalue weighted by molar-refractivity contribution is -0.148. The number of hydrogen-bond donors (Lipinski definition) is 1. The summed E-state index contributed by atoms with van der Waals surface area (Å²) in [6.07, 6.45) is 0. The highest BCUT2D eigenvalue weighted by molar-refractivity contribution is 9.10. The molecule has 0 radical (unpaired) electrons. The van der Waals surface area contributed by atoms with Gasteiger partial charge in [0.15, 0.2) is 0 Å². The summed E-state index contributed by atoms with van der Waals surface area (Å²) in [6, 6.07) is 5.61. The molecule has 0 aliphatic carbocycles. The number of likely N-dealkylation sites (N-methyl/N-ethyl adjacent to an activating group) is 1. The highest BCUT2D eigenvalue weighted by atomic mass is 79.9. The molecule has 0 aliphatic heterocycles. The second kappa shape index (κ2) is 5.38. The van der Waals surface area contributed by atoms with E-state index in [0.29, 0.717) is 11.6 Å². The quantitative estimate of drug-likeness (QED) is 0.924. The topological polar surface area (TPSA) is 40.5 Å². The van der Waals surface area contributed by atoms with Gasteiger partial charge in [-0.1, -0.05) is 17.7 Å².